The second kappa shape index (κ2) is 10.7. The molecule has 0 bridgehead atoms. The SMILES string of the molecule is CC(C)c1nc(C=NNC2NC(c3ccc(Br)cc3)=CS2)cc2c3ccccc3n(Cc3ccccc3)c12. The molecule has 7 heteroatoms. The zero-order valence-corrected chi connectivity index (χ0v) is 23.6. The maximum absolute atomic E-state index is 5.08. The summed E-state index contributed by atoms with van der Waals surface area (Å²) in [6.07, 6.45) is 1.83. The van der Waals surface area contributed by atoms with Gasteiger partial charge in [-0.2, -0.15) is 5.10 Å². The maximum atomic E-state index is 5.08. The van der Waals surface area contributed by atoms with E-state index in [0.29, 0.717) is 0 Å². The molecule has 2 aromatic heterocycles. The first-order valence-electron chi connectivity index (χ1n) is 12.7. The van der Waals surface area contributed by atoms with E-state index in [9.17, 15) is 0 Å². The first kappa shape index (κ1) is 24.8. The van der Waals surface area contributed by atoms with Gasteiger partial charge in [0.05, 0.1) is 28.8 Å². The fourth-order valence-electron chi connectivity index (χ4n) is 4.88. The number of thioether (sulfide) groups is 1. The van der Waals surface area contributed by atoms with Crippen LogP contribution < -0.4 is 10.7 Å². The van der Waals surface area contributed by atoms with Crippen LogP contribution in [-0.2, 0) is 6.54 Å². The van der Waals surface area contributed by atoms with Gasteiger partial charge >= 0.3 is 0 Å². The van der Waals surface area contributed by atoms with Crippen LogP contribution in [0.15, 0.2) is 99.9 Å². The number of fused-ring (bicyclic) bond motifs is 3. The van der Waals surface area contributed by atoms with Crippen molar-refractivity contribution >= 4 is 61.4 Å². The number of benzene rings is 3. The molecule has 5 nitrogen and oxygen atoms in total. The molecule has 2 N–H and O–H groups in total. The van der Waals surface area contributed by atoms with E-state index in [2.05, 4.69) is 128 Å². The van der Waals surface area contributed by atoms with Crippen LogP contribution in [0, 0.1) is 0 Å². The number of pyridine rings is 1. The molecule has 0 fully saturated rings. The van der Waals surface area contributed by atoms with E-state index < -0.39 is 0 Å². The molecule has 0 radical (unpaired) electrons. The van der Waals surface area contributed by atoms with Gasteiger partial charge in [-0.25, -0.2) is 4.98 Å². The largest absolute Gasteiger partial charge is 0.355 e. The van der Waals surface area contributed by atoms with E-state index in [1.165, 1.54) is 27.4 Å². The number of nitrogens with zero attached hydrogens (tertiary/aromatic N) is 3. The standard InChI is InChI=1S/C31H28BrN5S/c1-20(2)29-30-26(25-10-6-7-11-28(25)37(30)18-21-8-4-3-5-9-21)16-24(34-29)17-33-36-31-35-27(19-38-31)22-12-14-23(32)15-13-22/h3-17,19-20,31,35-36H,18H2,1-2H3. The second-order valence-electron chi connectivity index (χ2n) is 9.66. The van der Waals surface area contributed by atoms with E-state index in [1.54, 1.807) is 11.8 Å². The number of hydrogen-bond donors (Lipinski definition) is 2. The summed E-state index contributed by atoms with van der Waals surface area (Å²) < 4.78 is 3.48. The van der Waals surface area contributed by atoms with E-state index in [4.69, 9.17) is 4.98 Å². The van der Waals surface area contributed by atoms with Crippen molar-refractivity contribution in [2.24, 2.45) is 5.10 Å². The van der Waals surface area contributed by atoms with Gasteiger partial charge in [0.25, 0.3) is 0 Å². The van der Waals surface area contributed by atoms with Gasteiger partial charge < -0.3 is 9.88 Å². The summed E-state index contributed by atoms with van der Waals surface area (Å²) in [5.41, 5.74) is 11.1. The van der Waals surface area contributed by atoms with Crippen LogP contribution in [-0.4, -0.2) is 21.3 Å². The number of halogens is 1. The lowest BCUT2D eigenvalue weighted by Gasteiger charge is -2.14. The number of aromatic nitrogens is 2. The summed E-state index contributed by atoms with van der Waals surface area (Å²) >= 11 is 5.16. The van der Waals surface area contributed by atoms with Crippen molar-refractivity contribution < 1.29 is 0 Å². The van der Waals surface area contributed by atoms with Crippen LogP contribution in [0.4, 0.5) is 0 Å². The summed E-state index contributed by atoms with van der Waals surface area (Å²) in [6, 6.07) is 29.7. The van der Waals surface area contributed by atoms with Gasteiger partial charge in [0, 0.05) is 27.3 Å². The quantitative estimate of drug-likeness (QED) is 0.153. The Morgan fingerprint density at radius 2 is 1.79 bits per heavy atom. The summed E-state index contributed by atoms with van der Waals surface area (Å²) in [7, 11) is 0. The number of hydrazone groups is 1. The third kappa shape index (κ3) is 4.96. The van der Waals surface area contributed by atoms with Crippen molar-refractivity contribution in [3.05, 3.63) is 117 Å². The zero-order valence-electron chi connectivity index (χ0n) is 21.2. The highest BCUT2D eigenvalue weighted by molar-refractivity contribution is 9.10. The lowest BCUT2D eigenvalue weighted by molar-refractivity contribution is 0.657. The molecule has 38 heavy (non-hydrogen) atoms. The van der Waals surface area contributed by atoms with Crippen molar-refractivity contribution in [3.8, 4) is 0 Å². The molecule has 3 heterocycles. The Morgan fingerprint density at radius 1 is 1.03 bits per heavy atom. The summed E-state index contributed by atoms with van der Waals surface area (Å²) in [5.74, 6) is 0.266. The van der Waals surface area contributed by atoms with Crippen molar-refractivity contribution in [3.63, 3.8) is 0 Å². The Kier molecular flexibility index (Phi) is 6.96. The highest BCUT2D eigenvalue weighted by atomic mass is 79.9. The molecule has 0 amide bonds. The predicted molar refractivity (Wildman–Crippen MR) is 164 cm³/mol. The average Bonchev–Trinajstić information content (AvgIpc) is 3.53. The van der Waals surface area contributed by atoms with Gasteiger partial charge in [-0.1, -0.05) is 102 Å². The van der Waals surface area contributed by atoms with Gasteiger partial charge in [-0.3, -0.25) is 5.43 Å². The van der Waals surface area contributed by atoms with Crippen molar-refractivity contribution in [2.45, 2.75) is 31.8 Å². The van der Waals surface area contributed by atoms with Gasteiger partial charge in [0.15, 0.2) is 5.50 Å². The predicted octanol–water partition coefficient (Wildman–Crippen LogP) is 7.67. The van der Waals surface area contributed by atoms with Crippen molar-refractivity contribution in [1.82, 2.24) is 20.3 Å². The van der Waals surface area contributed by atoms with E-state index in [0.717, 1.165) is 33.7 Å². The number of hydrogen-bond acceptors (Lipinski definition) is 5. The molecule has 0 spiro atoms. The molecule has 1 unspecified atom stereocenters. The monoisotopic (exact) mass is 581 g/mol. The highest BCUT2D eigenvalue weighted by Crippen LogP contribution is 2.34. The third-order valence-corrected chi connectivity index (χ3v) is 8.07. The summed E-state index contributed by atoms with van der Waals surface area (Å²) in [6.45, 7) is 5.22. The van der Waals surface area contributed by atoms with Crippen molar-refractivity contribution in [2.75, 3.05) is 0 Å². The third-order valence-electron chi connectivity index (χ3n) is 6.68. The van der Waals surface area contributed by atoms with Crippen LogP contribution in [0.3, 0.4) is 0 Å². The molecule has 190 valence electrons. The van der Waals surface area contributed by atoms with E-state index in [-0.39, 0.29) is 11.4 Å². The molecule has 0 saturated carbocycles. The van der Waals surface area contributed by atoms with Crippen molar-refractivity contribution in [1.29, 1.82) is 0 Å². The van der Waals surface area contributed by atoms with Crippen LogP contribution >= 0.6 is 27.7 Å². The Morgan fingerprint density at radius 3 is 2.58 bits per heavy atom. The molecule has 1 aliphatic heterocycles. The van der Waals surface area contributed by atoms with Gasteiger partial charge in [0.1, 0.15) is 0 Å². The minimum atomic E-state index is -0.0361. The molecule has 1 aliphatic rings. The molecule has 0 saturated heterocycles. The van der Waals surface area contributed by atoms with Crippen LogP contribution in [0.2, 0.25) is 0 Å². The fourth-order valence-corrected chi connectivity index (χ4v) is 5.94. The first-order valence-corrected chi connectivity index (χ1v) is 14.4. The lowest BCUT2D eigenvalue weighted by Crippen LogP contribution is -2.31. The molecular formula is C31H28BrN5S. The second-order valence-corrected chi connectivity index (χ2v) is 11.6. The summed E-state index contributed by atoms with van der Waals surface area (Å²) in [4.78, 5) is 5.08. The Bertz CT molecular complexity index is 1660. The highest BCUT2D eigenvalue weighted by Gasteiger charge is 2.19. The normalized spacial score (nSPS) is 15.5. The first-order chi connectivity index (χ1) is 18.6. The Balaban J connectivity index is 1.29. The van der Waals surface area contributed by atoms with Gasteiger partial charge in [-0.15, -0.1) is 0 Å². The topological polar surface area (TPSA) is 54.2 Å². The number of rotatable bonds is 7. The average molecular weight is 583 g/mol. The molecule has 3 aromatic carbocycles. The minimum absolute atomic E-state index is 0.0361. The Labute approximate surface area is 235 Å². The molecule has 6 rings (SSSR count). The molecule has 1 atom stereocenters. The van der Waals surface area contributed by atoms with Gasteiger partial charge in [0.2, 0.25) is 0 Å². The maximum Gasteiger partial charge on any atom is 0.165 e. The smallest absolute Gasteiger partial charge is 0.165 e. The fraction of sp³-hybridized carbons (Fsp3) is 0.161. The zero-order chi connectivity index (χ0) is 26.1. The van der Waals surface area contributed by atoms with E-state index in [1.807, 2.05) is 18.3 Å². The minimum Gasteiger partial charge on any atom is -0.355 e. The van der Waals surface area contributed by atoms with E-state index >= 15 is 0 Å². The summed E-state index contributed by atoms with van der Waals surface area (Å²) in [5, 5.41) is 12.6. The van der Waals surface area contributed by atoms with Gasteiger partial charge in [-0.05, 0) is 46.7 Å². The molecular weight excluding hydrogens is 554 g/mol. The van der Waals surface area contributed by atoms with Crippen LogP contribution in [0.1, 0.15) is 42.3 Å². The molecule has 5 aromatic rings. The number of nitrogens with one attached hydrogen (secondary N) is 2. The molecule has 0 aliphatic carbocycles. The number of para-hydroxylation sites is 1. The van der Waals surface area contributed by atoms with Crippen LogP contribution in [0.5, 0.6) is 0 Å². The Hall–Kier alpha value is -3.55. The van der Waals surface area contributed by atoms with Crippen LogP contribution in [0.25, 0.3) is 27.5 Å². The lowest BCUT2D eigenvalue weighted by atomic mass is 10.0.